The van der Waals surface area contributed by atoms with E-state index < -0.39 is 0 Å². The van der Waals surface area contributed by atoms with Gasteiger partial charge in [-0.05, 0) is 12.5 Å². The van der Waals surface area contributed by atoms with Gasteiger partial charge in [-0.3, -0.25) is 5.41 Å². The number of benzene rings is 1. The van der Waals surface area contributed by atoms with E-state index >= 15 is 0 Å². The summed E-state index contributed by atoms with van der Waals surface area (Å²) in [7, 11) is 0. The molecule has 0 atom stereocenters. The fourth-order valence-electron chi connectivity index (χ4n) is 1.74. The number of likely N-dealkylation sites (tertiary alicyclic amines) is 1. The Morgan fingerprint density at radius 2 is 2.14 bits per heavy atom. The molecule has 2 nitrogen and oxygen atoms in total. The van der Waals surface area contributed by atoms with Crippen LogP contribution in [-0.2, 0) is 6.54 Å². The summed E-state index contributed by atoms with van der Waals surface area (Å²) in [6.07, 6.45) is 1.85. The second-order valence-electron chi connectivity index (χ2n) is 3.56. The number of hydrogen-bond acceptors (Lipinski definition) is 1. The maximum atomic E-state index is 13.3. The monoisotopic (exact) mass is 192 g/mol. The molecule has 0 aliphatic carbocycles. The first kappa shape index (κ1) is 9.19. The Morgan fingerprint density at radius 3 is 2.79 bits per heavy atom. The molecule has 74 valence electrons. The Morgan fingerprint density at radius 1 is 1.36 bits per heavy atom. The summed E-state index contributed by atoms with van der Waals surface area (Å²) >= 11 is 0. The van der Waals surface area contributed by atoms with Crippen molar-refractivity contribution in [1.82, 2.24) is 4.90 Å². The fourth-order valence-corrected chi connectivity index (χ4v) is 1.74. The van der Waals surface area contributed by atoms with Crippen molar-refractivity contribution >= 4 is 5.84 Å². The van der Waals surface area contributed by atoms with Gasteiger partial charge < -0.3 is 4.90 Å². The van der Waals surface area contributed by atoms with Gasteiger partial charge in [-0.15, -0.1) is 0 Å². The van der Waals surface area contributed by atoms with Gasteiger partial charge in [0.1, 0.15) is 5.82 Å². The molecular formula is C11H13FN2. The number of amidine groups is 1. The average Bonchev–Trinajstić information content (AvgIpc) is 2.56. The van der Waals surface area contributed by atoms with Gasteiger partial charge in [-0.1, -0.05) is 18.2 Å². The van der Waals surface area contributed by atoms with Crippen molar-refractivity contribution in [2.45, 2.75) is 19.4 Å². The maximum Gasteiger partial charge on any atom is 0.128 e. The summed E-state index contributed by atoms with van der Waals surface area (Å²) in [6, 6.07) is 6.77. The van der Waals surface area contributed by atoms with E-state index in [1.807, 2.05) is 11.0 Å². The molecule has 1 aromatic rings. The molecule has 0 radical (unpaired) electrons. The molecule has 0 aromatic heterocycles. The lowest BCUT2D eigenvalue weighted by Crippen LogP contribution is -2.23. The number of halogens is 1. The highest BCUT2D eigenvalue weighted by atomic mass is 19.1. The lowest BCUT2D eigenvalue weighted by molar-refractivity contribution is 0.433. The van der Waals surface area contributed by atoms with Crippen molar-refractivity contribution in [3.8, 4) is 0 Å². The second-order valence-corrected chi connectivity index (χ2v) is 3.56. The molecule has 2 rings (SSSR count). The van der Waals surface area contributed by atoms with Gasteiger partial charge in [0.05, 0.1) is 5.84 Å². The molecule has 0 spiro atoms. The molecule has 1 N–H and O–H groups in total. The summed E-state index contributed by atoms with van der Waals surface area (Å²) < 4.78 is 13.3. The third-order valence-electron chi connectivity index (χ3n) is 2.54. The standard InChI is InChI=1S/C11H13FN2/c12-10-5-2-1-4-9(10)8-14-7-3-6-11(14)13/h1-2,4-5,13H,3,6-8H2. The molecule has 0 bridgehead atoms. The minimum Gasteiger partial charge on any atom is -0.356 e. The van der Waals surface area contributed by atoms with E-state index in [2.05, 4.69) is 0 Å². The molecule has 1 saturated heterocycles. The number of rotatable bonds is 2. The first-order valence-electron chi connectivity index (χ1n) is 4.83. The molecule has 1 aromatic carbocycles. The highest BCUT2D eigenvalue weighted by molar-refractivity contribution is 5.80. The lowest BCUT2D eigenvalue weighted by atomic mass is 10.2. The summed E-state index contributed by atoms with van der Waals surface area (Å²) in [6.45, 7) is 1.42. The Bertz CT molecular complexity index is 349. The minimum absolute atomic E-state index is 0.174. The fraction of sp³-hybridized carbons (Fsp3) is 0.364. The van der Waals surface area contributed by atoms with Crippen molar-refractivity contribution in [3.63, 3.8) is 0 Å². The van der Waals surface area contributed by atoms with E-state index in [0.717, 1.165) is 19.4 Å². The van der Waals surface area contributed by atoms with Crippen LogP contribution in [0, 0.1) is 11.2 Å². The van der Waals surface area contributed by atoms with Crippen LogP contribution in [-0.4, -0.2) is 17.3 Å². The van der Waals surface area contributed by atoms with Crippen LogP contribution in [0.25, 0.3) is 0 Å². The molecule has 1 fully saturated rings. The zero-order valence-electron chi connectivity index (χ0n) is 7.96. The molecule has 3 heteroatoms. The highest BCUT2D eigenvalue weighted by Crippen LogP contribution is 2.16. The molecule has 0 amide bonds. The zero-order chi connectivity index (χ0) is 9.97. The summed E-state index contributed by atoms with van der Waals surface area (Å²) in [5, 5.41) is 7.63. The Labute approximate surface area is 82.9 Å². The van der Waals surface area contributed by atoms with E-state index in [9.17, 15) is 4.39 Å². The summed E-state index contributed by atoms with van der Waals surface area (Å²) in [4.78, 5) is 1.93. The zero-order valence-corrected chi connectivity index (χ0v) is 7.96. The van der Waals surface area contributed by atoms with Gasteiger partial charge >= 0.3 is 0 Å². The molecule has 1 aliphatic heterocycles. The van der Waals surface area contributed by atoms with Crippen LogP contribution in [0.3, 0.4) is 0 Å². The van der Waals surface area contributed by atoms with E-state index in [1.54, 1.807) is 12.1 Å². The van der Waals surface area contributed by atoms with Crippen molar-refractivity contribution in [3.05, 3.63) is 35.6 Å². The molecule has 0 unspecified atom stereocenters. The van der Waals surface area contributed by atoms with E-state index in [1.165, 1.54) is 6.07 Å². The van der Waals surface area contributed by atoms with Crippen molar-refractivity contribution in [2.75, 3.05) is 6.54 Å². The number of nitrogens with zero attached hydrogens (tertiary/aromatic N) is 1. The first-order valence-corrected chi connectivity index (χ1v) is 4.83. The Hall–Kier alpha value is -1.38. The van der Waals surface area contributed by atoms with Crippen molar-refractivity contribution in [2.24, 2.45) is 0 Å². The van der Waals surface area contributed by atoms with Crippen LogP contribution in [0.15, 0.2) is 24.3 Å². The van der Waals surface area contributed by atoms with E-state index in [4.69, 9.17) is 5.41 Å². The topological polar surface area (TPSA) is 27.1 Å². The highest BCUT2D eigenvalue weighted by Gasteiger charge is 2.17. The van der Waals surface area contributed by atoms with Gasteiger partial charge in [0.25, 0.3) is 0 Å². The maximum absolute atomic E-state index is 13.3. The summed E-state index contributed by atoms with van der Waals surface area (Å²) in [5.74, 6) is 0.459. The average molecular weight is 192 g/mol. The van der Waals surface area contributed by atoms with Crippen LogP contribution in [0.5, 0.6) is 0 Å². The largest absolute Gasteiger partial charge is 0.356 e. The first-order chi connectivity index (χ1) is 6.77. The van der Waals surface area contributed by atoms with Crippen LogP contribution in [0.1, 0.15) is 18.4 Å². The van der Waals surface area contributed by atoms with E-state index in [0.29, 0.717) is 17.9 Å². The van der Waals surface area contributed by atoms with Crippen molar-refractivity contribution < 1.29 is 4.39 Å². The quantitative estimate of drug-likeness (QED) is 0.765. The third-order valence-corrected chi connectivity index (χ3v) is 2.54. The van der Waals surface area contributed by atoms with Gasteiger partial charge in [0.2, 0.25) is 0 Å². The molecule has 1 aliphatic rings. The predicted octanol–water partition coefficient (Wildman–Crippen LogP) is 2.40. The van der Waals surface area contributed by atoms with Gasteiger partial charge in [0, 0.05) is 25.1 Å². The van der Waals surface area contributed by atoms with Crippen LogP contribution in [0.4, 0.5) is 4.39 Å². The van der Waals surface area contributed by atoms with Gasteiger partial charge in [-0.2, -0.15) is 0 Å². The Kier molecular flexibility index (Phi) is 2.48. The molecular weight excluding hydrogens is 179 g/mol. The van der Waals surface area contributed by atoms with Crippen molar-refractivity contribution in [1.29, 1.82) is 5.41 Å². The van der Waals surface area contributed by atoms with Gasteiger partial charge in [-0.25, -0.2) is 4.39 Å². The third kappa shape index (κ3) is 1.76. The predicted molar refractivity (Wildman–Crippen MR) is 53.8 cm³/mol. The SMILES string of the molecule is N=C1CCCN1Cc1ccccc1F. The molecule has 14 heavy (non-hydrogen) atoms. The van der Waals surface area contributed by atoms with Gasteiger partial charge in [0.15, 0.2) is 0 Å². The van der Waals surface area contributed by atoms with Crippen LogP contribution in [0.2, 0.25) is 0 Å². The minimum atomic E-state index is -0.174. The molecule has 0 saturated carbocycles. The smallest absolute Gasteiger partial charge is 0.128 e. The normalized spacial score (nSPS) is 16.4. The molecule has 1 heterocycles. The van der Waals surface area contributed by atoms with E-state index in [-0.39, 0.29) is 5.82 Å². The second kappa shape index (κ2) is 3.78. The van der Waals surface area contributed by atoms with Crippen LogP contribution < -0.4 is 0 Å². The Balaban J connectivity index is 2.10. The van der Waals surface area contributed by atoms with Crippen LogP contribution >= 0.6 is 0 Å². The number of nitrogens with one attached hydrogen (secondary N) is 1. The lowest BCUT2D eigenvalue weighted by Gasteiger charge is -2.17. The summed E-state index contributed by atoms with van der Waals surface area (Å²) in [5.41, 5.74) is 0.680. The number of hydrogen-bond donors (Lipinski definition) is 1.